The number of likely N-dealkylation sites (tertiary alicyclic amines) is 1. The number of carbonyl (C=O) groups excluding carboxylic acids is 1. The molecule has 0 atom stereocenters. The fourth-order valence-electron chi connectivity index (χ4n) is 4.37. The summed E-state index contributed by atoms with van der Waals surface area (Å²) in [5.74, 6) is 0.684. The molecule has 0 bridgehead atoms. The number of ether oxygens (including phenoxy) is 2. The van der Waals surface area contributed by atoms with Crippen LogP contribution in [0.2, 0.25) is 5.15 Å². The van der Waals surface area contributed by atoms with Gasteiger partial charge in [-0.3, -0.25) is 9.69 Å². The molecule has 8 heteroatoms. The summed E-state index contributed by atoms with van der Waals surface area (Å²) in [6.07, 6.45) is 1.81. The van der Waals surface area contributed by atoms with Crippen LogP contribution in [0, 0.1) is 5.92 Å². The Morgan fingerprint density at radius 2 is 1.88 bits per heavy atom. The highest BCUT2D eigenvalue weighted by Gasteiger charge is 2.33. The fraction of sp³-hybridized carbons (Fsp3) is 0.346. The molecule has 1 fully saturated rings. The number of carbonyl (C=O) groups is 1. The zero-order valence-corrected chi connectivity index (χ0v) is 20.2. The first-order chi connectivity index (χ1) is 16.4. The number of nitrogens with zero attached hydrogens (tertiary/aromatic N) is 4. The van der Waals surface area contributed by atoms with Crippen molar-refractivity contribution in [2.24, 2.45) is 5.92 Å². The van der Waals surface area contributed by atoms with Crippen molar-refractivity contribution in [2.45, 2.75) is 33.0 Å². The quantitative estimate of drug-likeness (QED) is 0.348. The van der Waals surface area contributed by atoms with Crippen molar-refractivity contribution in [1.82, 2.24) is 19.7 Å². The lowest BCUT2D eigenvalue weighted by molar-refractivity contribution is -0.151. The molecular formula is C26H27ClN4O3. The highest BCUT2D eigenvalue weighted by Crippen LogP contribution is 2.27. The molecule has 1 aliphatic heterocycles. The molecule has 0 N–H and O–H groups in total. The summed E-state index contributed by atoms with van der Waals surface area (Å²) >= 11 is 6.32. The van der Waals surface area contributed by atoms with E-state index in [1.165, 1.54) is 12.7 Å². The lowest BCUT2D eigenvalue weighted by atomic mass is 9.99. The van der Waals surface area contributed by atoms with Crippen LogP contribution in [0.25, 0.3) is 21.8 Å². The maximum atomic E-state index is 11.6. The highest BCUT2D eigenvalue weighted by atomic mass is 35.5. The standard InChI is InChI=1S/C26H27ClN4O3/c1-16(2)31-25-23(24(27)29-31)9-18(11-28-25)15-34-22-7-6-19-8-17(4-5-20(19)10-22)12-30-13-21(14-30)26(32)33-3/h4-11,16,21H,12-15H2,1-3H3. The van der Waals surface area contributed by atoms with Gasteiger partial charge in [-0.05, 0) is 54.4 Å². The molecular weight excluding hydrogens is 452 g/mol. The Labute approximate surface area is 203 Å². The van der Waals surface area contributed by atoms with Crippen molar-refractivity contribution in [3.8, 4) is 5.75 Å². The summed E-state index contributed by atoms with van der Waals surface area (Å²) in [7, 11) is 1.44. The molecule has 1 saturated heterocycles. The number of methoxy groups -OCH3 is 1. The van der Waals surface area contributed by atoms with Gasteiger partial charge in [0.2, 0.25) is 0 Å². The van der Waals surface area contributed by atoms with Crippen LogP contribution in [-0.2, 0) is 22.7 Å². The Kier molecular flexibility index (Phi) is 6.15. The van der Waals surface area contributed by atoms with Gasteiger partial charge in [-0.15, -0.1) is 0 Å². The molecule has 34 heavy (non-hydrogen) atoms. The van der Waals surface area contributed by atoms with Gasteiger partial charge >= 0.3 is 5.97 Å². The van der Waals surface area contributed by atoms with Crippen LogP contribution in [0.15, 0.2) is 48.7 Å². The molecule has 5 rings (SSSR count). The van der Waals surface area contributed by atoms with Gasteiger partial charge in [0.15, 0.2) is 10.8 Å². The molecule has 2 aromatic heterocycles. The van der Waals surface area contributed by atoms with E-state index < -0.39 is 0 Å². The van der Waals surface area contributed by atoms with Crippen molar-refractivity contribution in [3.63, 3.8) is 0 Å². The van der Waals surface area contributed by atoms with Crippen molar-refractivity contribution < 1.29 is 14.3 Å². The number of halogens is 1. The van der Waals surface area contributed by atoms with E-state index in [1.807, 2.05) is 29.1 Å². The van der Waals surface area contributed by atoms with E-state index >= 15 is 0 Å². The second-order valence-electron chi connectivity index (χ2n) is 9.09. The number of aromatic nitrogens is 3. The van der Waals surface area contributed by atoms with Crippen molar-refractivity contribution in [2.75, 3.05) is 20.2 Å². The molecule has 7 nitrogen and oxygen atoms in total. The lowest BCUT2D eigenvalue weighted by Gasteiger charge is -2.37. The van der Waals surface area contributed by atoms with Crippen LogP contribution < -0.4 is 4.74 Å². The second-order valence-corrected chi connectivity index (χ2v) is 9.45. The van der Waals surface area contributed by atoms with E-state index in [0.717, 1.165) is 52.8 Å². The Balaban J connectivity index is 1.24. The Morgan fingerprint density at radius 1 is 1.12 bits per heavy atom. The van der Waals surface area contributed by atoms with Crippen LogP contribution in [0.1, 0.15) is 31.0 Å². The fourth-order valence-corrected chi connectivity index (χ4v) is 4.59. The summed E-state index contributed by atoms with van der Waals surface area (Å²) in [4.78, 5) is 18.4. The van der Waals surface area contributed by atoms with Gasteiger partial charge in [0.1, 0.15) is 12.4 Å². The smallest absolute Gasteiger partial charge is 0.311 e. The minimum atomic E-state index is -0.119. The minimum absolute atomic E-state index is 0.00323. The van der Waals surface area contributed by atoms with Crippen LogP contribution in [0.5, 0.6) is 5.75 Å². The van der Waals surface area contributed by atoms with Gasteiger partial charge in [-0.1, -0.05) is 29.8 Å². The van der Waals surface area contributed by atoms with Gasteiger partial charge in [-0.25, -0.2) is 9.67 Å². The van der Waals surface area contributed by atoms with Crippen molar-refractivity contribution >= 4 is 39.4 Å². The lowest BCUT2D eigenvalue weighted by Crippen LogP contribution is -2.49. The summed E-state index contributed by atoms with van der Waals surface area (Å²) in [6.45, 7) is 6.83. The first kappa shape index (κ1) is 22.6. The number of fused-ring (bicyclic) bond motifs is 2. The Bertz CT molecular complexity index is 1360. The predicted molar refractivity (Wildman–Crippen MR) is 132 cm³/mol. The summed E-state index contributed by atoms with van der Waals surface area (Å²) < 4.78 is 12.7. The van der Waals surface area contributed by atoms with Crippen LogP contribution in [0.3, 0.4) is 0 Å². The van der Waals surface area contributed by atoms with E-state index in [2.05, 4.69) is 53.1 Å². The molecule has 176 valence electrons. The molecule has 0 amide bonds. The summed E-state index contributed by atoms with van der Waals surface area (Å²) in [5.41, 5.74) is 2.94. The molecule has 0 saturated carbocycles. The van der Waals surface area contributed by atoms with Gasteiger partial charge in [-0.2, -0.15) is 5.10 Å². The molecule has 2 aromatic carbocycles. The number of esters is 1. The monoisotopic (exact) mass is 478 g/mol. The number of rotatable bonds is 7. The average Bonchev–Trinajstić information content (AvgIpc) is 3.15. The maximum Gasteiger partial charge on any atom is 0.311 e. The number of hydrogen-bond donors (Lipinski definition) is 0. The number of benzene rings is 2. The summed E-state index contributed by atoms with van der Waals surface area (Å²) in [5, 5.41) is 7.96. The Hall–Kier alpha value is -3.16. The third-order valence-electron chi connectivity index (χ3n) is 6.23. The average molecular weight is 479 g/mol. The largest absolute Gasteiger partial charge is 0.489 e. The molecule has 3 heterocycles. The van der Waals surface area contributed by atoms with E-state index in [1.54, 1.807) is 0 Å². The third-order valence-corrected chi connectivity index (χ3v) is 6.51. The third kappa shape index (κ3) is 4.45. The topological polar surface area (TPSA) is 69.5 Å². The van der Waals surface area contributed by atoms with Gasteiger partial charge in [0, 0.05) is 37.4 Å². The molecule has 0 spiro atoms. The van der Waals surface area contributed by atoms with Crippen molar-refractivity contribution in [3.05, 3.63) is 64.9 Å². The van der Waals surface area contributed by atoms with Gasteiger partial charge < -0.3 is 9.47 Å². The van der Waals surface area contributed by atoms with Crippen LogP contribution >= 0.6 is 11.6 Å². The molecule has 0 unspecified atom stereocenters. The van der Waals surface area contributed by atoms with Crippen LogP contribution in [-0.4, -0.2) is 45.8 Å². The zero-order chi connectivity index (χ0) is 23.8. The van der Waals surface area contributed by atoms with E-state index in [-0.39, 0.29) is 17.9 Å². The zero-order valence-electron chi connectivity index (χ0n) is 19.5. The van der Waals surface area contributed by atoms with E-state index in [9.17, 15) is 4.79 Å². The number of hydrogen-bond acceptors (Lipinski definition) is 6. The van der Waals surface area contributed by atoms with E-state index in [0.29, 0.717) is 11.8 Å². The second kappa shape index (κ2) is 9.24. The van der Waals surface area contributed by atoms with Gasteiger partial charge in [0.05, 0.1) is 18.4 Å². The highest BCUT2D eigenvalue weighted by molar-refractivity contribution is 6.34. The minimum Gasteiger partial charge on any atom is -0.489 e. The van der Waals surface area contributed by atoms with Crippen molar-refractivity contribution in [1.29, 1.82) is 0 Å². The first-order valence-corrected chi connectivity index (χ1v) is 11.8. The normalized spacial score (nSPS) is 14.6. The van der Waals surface area contributed by atoms with Crippen LogP contribution in [0.4, 0.5) is 0 Å². The molecule has 4 aromatic rings. The maximum absolute atomic E-state index is 11.6. The number of pyridine rings is 1. The summed E-state index contributed by atoms with van der Waals surface area (Å²) in [6, 6.07) is 14.7. The Morgan fingerprint density at radius 3 is 2.65 bits per heavy atom. The van der Waals surface area contributed by atoms with Gasteiger partial charge in [0.25, 0.3) is 0 Å². The molecule has 0 radical (unpaired) electrons. The predicted octanol–water partition coefficient (Wildman–Crippen LogP) is 5.00. The van der Waals surface area contributed by atoms with E-state index in [4.69, 9.17) is 21.1 Å². The molecule has 1 aliphatic rings. The SMILES string of the molecule is COC(=O)C1CN(Cc2ccc3cc(OCc4cnc5c(c4)c(Cl)nn5C(C)C)ccc3c2)C1. The molecule has 0 aliphatic carbocycles. The first-order valence-electron chi connectivity index (χ1n) is 11.4.